The first-order chi connectivity index (χ1) is 16.4. The van der Waals surface area contributed by atoms with Gasteiger partial charge in [0.15, 0.2) is 0 Å². The van der Waals surface area contributed by atoms with Gasteiger partial charge in [-0.3, -0.25) is 9.10 Å². The number of nitrogens with zero attached hydrogens (tertiary/aromatic N) is 2. The number of fused-ring (bicyclic) bond motifs is 2. The molecule has 1 aliphatic heterocycles. The highest BCUT2D eigenvalue weighted by Gasteiger charge is 2.32. The van der Waals surface area contributed by atoms with Gasteiger partial charge in [-0.15, -0.1) is 0 Å². The molecule has 7 nitrogen and oxygen atoms in total. The molecule has 4 aromatic rings. The van der Waals surface area contributed by atoms with Crippen molar-refractivity contribution in [2.45, 2.75) is 24.2 Å². The highest BCUT2D eigenvalue weighted by Crippen LogP contribution is 2.35. The zero-order valence-corrected chi connectivity index (χ0v) is 19.9. The van der Waals surface area contributed by atoms with Gasteiger partial charge in [0, 0.05) is 25.1 Å². The number of hydrogen-bond acceptors (Lipinski definition) is 4. The number of para-hydroxylation sites is 3. The molecule has 0 atom stereocenters. The molecule has 0 fully saturated rings. The van der Waals surface area contributed by atoms with Gasteiger partial charge in [0.25, 0.3) is 15.9 Å². The number of aromatic nitrogens is 2. The van der Waals surface area contributed by atoms with E-state index in [4.69, 9.17) is 11.6 Å². The van der Waals surface area contributed by atoms with Gasteiger partial charge >= 0.3 is 0 Å². The van der Waals surface area contributed by atoms with Crippen LogP contribution in [0, 0.1) is 0 Å². The maximum Gasteiger partial charge on any atom is 0.265 e. The molecule has 1 aliphatic rings. The maximum absolute atomic E-state index is 13.4. The van der Waals surface area contributed by atoms with Crippen molar-refractivity contribution < 1.29 is 13.2 Å². The molecule has 1 amide bonds. The zero-order chi connectivity index (χ0) is 23.7. The van der Waals surface area contributed by atoms with E-state index in [0.717, 1.165) is 22.4 Å². The van der Waals surface area contributed by atoms with Gasteiger partial charge < -0.3 is 10.3 Å². The van der Waals surface area contributed by atoms with Gasteiger partial charge in [0.05, 0.1) is 21.7 Å². The van der Waals surface area contributed by atoms with Gasteiger partial charge in [-0.25, -0.2) is 13.4 Å². The number of carbonyl (C=O) groups excluding carboxylic acids is 1. The van der Waals surface area contributed by atoms with Crippen LogP contribution in [0.1, 0.15) is 28.2 Å². The van der Waals surface area contributed by atoms with Crippen molar-refractivity contribution in [3.05, 3.63) is 88.7 Å². The van der Waals surface area contributed by atoms with E-state index in [2.05, 4.69) is 15.3 Å². The van der Waals surface area contributed by atoms with Crippen LogP contribution in [-0.4, -0.2) is 37.4 Å². The van der Waals surface area contributed by atoms with Crippen LogP contribution in [0.4, 0.5) is 5.69 Å². The molecule has 2 N–H and O–H groups in total. The minimum Gasteiger partial charge on any atom is -0.352 e. The molecule has 1 aromatic heterocycles. The number of benzene rings is 3. The number of halogens is 1. The third-order valence-electron chi connectivity index (χ3n) is 5.92. The van der Waals surface area contributed by atoms with Crippen molar-refractivity contribution in [1.82, 2.24) is 15.3 Å². The minimum absolute atomic E-state index is 0.0687. The monoisotopic (exact) mass is 494 g/mol. The second-order valence-corrected chi connectivity index (χ2v) is 10.4. The van der Waals surface area contributed by atoms with Crippen LogP contribution in [0.15, 0.2) is 71.6 Å². The molecule has 0 radical (unpaired) electrons. The van der Waals surface area contributed by atoms with E-state index < -0.39 is 10.0 Å². The summed E-state index contributed by atoms with van der Waals surface area (Å²) in [5, 5.41) is 2.94. The van der Waals surface area contributed by atoms with E-state index in [1.807, 2.05) is 42.5 Å². The van der Waals surface area contributed by atoms with Gasteiger partial charge in [-0.05, 0) is 54.8 Å². The summed E-state index contributed by atoms with van der Waals surface area (Å²) in [7, 11) is -3.90. The summed E-state index contributed by atoms with van der Waals surface area (Å²) in [6.45, 7) is 0.774. The average Bonchev–Trinajstić information content (AvgIpc) is 3.46. The summed E-state index contributed by atoms with van der Waals surface area (Å²) < 4.78 is 28.1. The summed E-state index contributed by atoms with van der Waals surface area (Å²) in [6.07, 6.45) is 2.01. The molecule has 174 valence electrons. The number of anilines is 1. The fraction of sp³-hybridized carbons (Fsp3) is 0.200. The number of sulfonamides is 1. The second-order valence-electron chi connectivity index (χ2n) is 8.16. The van der Waals surface area contributed by atoms with Crippen molar-refractivity contribution >= 4 is 44.3 Å². The summed E-state index contributed by atoms with van der Waals surface area (Å²) >= 11 is 6.27. The Hall–Kier alpha value is -3.36. The van der Waals surface area contributed by atoms with Crippen LogP contribution in [0.5, 0.6) is 0 Å². The lowest BCUT2D eigenvalue weighted by Crippen LogP contribution is -2.30. The summed E-state index contributed by atoms with van der Waals surface area (Å²) in [5.74, 6) is 0.515. The molecule has 0 unspecified atom stereocenters. The lowest BCUT2D eigenvalue weighted by Gasteiger charge is -2.20. The Morgan fingerprint density at radius 2 is 1.88 bits per heavy atom. The Balaban J connectivity index is 1.26. The van der Waals surface area contributed by atoms with Gasteiger partial charge in [-0.2, -0.15) is 0 Å². The number of amides is 1. The maximum atomic E-state index is 13.4. The number of aryl methyl sites for hydroxylation is 1. The van der Waals surface area contributed by atoms with Gasteiger partial charge in [0.2, 0.25) is 0 Å². The van der Waals surface area contributed by atoms with Crippen molar-refractivity contribution in [2.24, 2.45) is 0 Å². The third kappa shape index (κ3) is 4.26. The van der Waals surface area contributed by atoms with E-state index in [1.165, 1.54) is 22.5 Å². The molecular formula is C25H23ClN4O3S. The van der Waals surface area contributed by atoms with Crippen LogP contribution >= 0.6 is 11.6 Å². The second kappa shape index (κ2) is 9.12. The number of H-pyrrole nitrogens is 1. The molecule has 0 saturated carbocycles. The molecule has 34 heavy (non-hydrogen) atoms. The van der Waals surface area contributed by atoms with Crippen LogP contribution < -0.4 is 9.62 Å². The fourth-order valence-corrected chi connectivity index (χ4v) is 6.21. The molecule has 2 heterocycles. The normalized spacial score (nSPS) is 13.3. The van der Waals surface area contributed by atoms with Crippen LogP contribution in [0.2, 0.25) is 5.02 Å². The summed E-state index contributed by atoms with van der Waals surface area (Å²) in [5.41, 5.74) is 3.77. The largest absolute Gasteiger partial charge is 0.352 e. The van der Waals surface area contributed by atoms with Crippen LogP contribution in [-0.2, 0) is 22.9 Å². The SMILES string of the molecule is O=C(NCCCc1nc2ccccc2[nH]1)c1ccc(Cl)c(S(=O)(=O)N2CCc3ccccc32)c1. The predicted molar refractivity (Wildman–Crippen MR) is 133 cm³/mol. The van der Waals surface area contributed by atoms with Crippen molar-refractivity contribution in [3.8, 4) is 0 Å². The standard InChI is InChI=1S/C25H23ClN4O3S/c26-19-12-11-18(16-23(19)34(32,33)30-15-13-17-6-1-4-9-22(17)30)25(31)27-14-5-10-24-28-20-7-2-3-8-21(20)29-24/h1-4,6-9,11-12,16H,5,10,13-15H2,(H,27,31)(H,28,29). The van der Waals surface area contributed by atoms with Crippen molar-refractivity contribution in [3.63, 3.8) is 0 Å². The summed E-state index contributed by atoms with van der Waals surface area (Å²) in [6, 6.07) is 19.6. The Morgan fingerprint density at radius 1 is 1.09 bits per heavy atom. The highest BCUT2D eigenvalue weighted by molar-refractivity contribution is 7.93. The number of hydrogen-bond donors (Lipinski definition) is 2. The Labute approximate surface area is 202 Å². The first-order valence-electron chi connectivity index (χ1n) is 11.1. The average molecular weight is 495 g/mol. The molecule has 3 aromatic carbocycles. The lowest BCUT2D eigenvalue weighted by molar-refractivity contribution is 0.0953. The van der Waals surface area contributed by atoms with Crippen LogP contribution in [0.3, 0.4) is 0 Å². The van der Waals surface area contributed by atoms with Crippen molar-refractivity contribution in [2.75, 3.05) is 17.4 Å². The van der Waals surface area contributed by atoms with E-state index in [0.29, 0.717) is 38.0 Å². The molecule has 0 saturated heterocycles. The first kappa shape index (κ1) is 22.4. The number of aromatic amines is 1. The summed E-state index contributed by atoms with van der Waals surface area (Å²) in [4.78, 5) is 20.5. The number of nitrogens with one attached hydrogen (secondary N) is 2. The Bertz CT molecular complexity index is 1450. The topological polar surface area (TPSA) is 95.2 Å². The Morgan fingerprint density at radius 3 is 2.74 bits per heavy atom. The third-order valence-corrected chi connectivity index (χ3v) is 8.22. The number of carbonyl (C=O) groups is 1. The molecular weight excluding hydrogens is 472 g/mol. The van der Waals surface area contributed by atoms with E-state index in [1.54, 1.807) is 6.07 Å². The minimum atomic E-state index is -3.90. The smallest absolute Gasteiger partial charge is 0.265 e. The molecule has 0 aliphatic carbocycles. The number of rotatable bonds is 7. The molecule has 0 bridgehead atoms. The van der Waals surface area contributed by atoms with E-state index >= 15 is 0 Å². The fourth-order valence-electron chi connectivity index (χ4n) is 4.20. The van der Waals surface area contributed by atoms with Gasteiger partial charge in [0.1, 0.15) is 10.7 Å². The van der Waals surface area contributed by atoms with E-state index in [-0.39, 0.29) is 21.4 Å². The van der Waals surface area contributed by atoms with Crippen molar-refractivity contribution in [1.29, 1.82) is 0 Å². The predicted octanol–water partition coefficient (Wildman–Crippen LogP) is 4.33. The Kier molecular flexibility index (Phi) is 6.02. The zero-order valence-electron chi connectivity index (χ0n) is 18.3. The first-order valence-corrected chi connectivity index (χ1v) is 12.9. The number of imidazole rings is 1. The van der Waals surface area contributed by atoms with E-state index in [9.17, 15) is 13.2 Å². The molecule has 9 heteroatoms. The van der Waals surface area contributed by atoms with Gasteiger partial charge in [-0.1, -0.05) is 41.9 Å². The lowest BCUT2D eigenvalue weighted by atomic mass is 10.2. The highest BCUT2D eigenvalue weighted by atomic mass is 35.5. The molecule has 5 rings (SSSR count). The quantitative estimate of drug-likeness (QED) is 0.374. The molecule has 0 spiro atoms. The van der Waals surface area contributed by atoms with Crippen LogP contribution in [0.25, 0.3) is 11.0 Å².